The number of esters is 1. The molecule has 30 heavy (non-hydrogen) atoms. The first-order chi connectivity index (χ1) is 14.5. The predicted octanol–water partition coefficient (Wildman–Crippen LogP) is 6.76. The first-order valence-electron chi connectivity index (χ1n) is 10.5. The number of aromatic nitrogens is 1. The fraction of sp³-hybridized carbons (Fsp3) is 0.308. The molecule has 1 aliphatic carbocycles. The number of carbonyl (C=O) groups is 1. The summed E-state index contributed by atoms with van der Waals surface area (Å²) in [6.45, 7) is 6.23. The number of methoxy groups -OCH3 is 1. The van der Waals surface area contributed by atoms with Gasteiger partial charge in [-0.05, 0) is 55.0 Å². The van der Waals surface area contributed by atoms with E-state index in [2.05, 4.69) is 62.4 Å². The molecule has 3 nitrogen and oxygen atoms in total. The van der Waals surface area contributed by atoms with Crippen LogP contribution in [0, 0.1) is 13.8 Å². The van der Waals surface area contributed by atoms with Gasteiger partial charge in [-0.15, -0.1) is 11.3 Å². The lowest BCUT2D eigenvalue weighted by Crippen LogP contribution is -2.17. The van der Waals surface area contributed by atoms with E-state index in [-0.39, 0.29) is 11.9 Å². The van der Waals surface area contributed by atoms with Crippen molar-refractivity contribution in [1.82, 2.24) is 4.98 Å². The summed E-state index contributed by atoms with van der Waals surface area (Å²) in [6.07, 6.45) is 11.1. The number of hydrogen-bond acceptors (Lipinski definition) is 4. The highest BCUT2D eigenvalue weighted by molar-refractivity contribution is 7.19. The third kappa shape index (κ3) is 3.61. The molecule has 4 heteroatoms. The largest absolute Gasteiger partial charge is 0.469 e. The smallest absolute Gasteiger partial charge is 0.313 e. The SMILES string of the molecule is CCCC(C(=O)OC)c1c(C)nc2sc3c(c2c1-c1ccc(C)cc1)CC=CC=C3. The van der Waals surface area contributed by atoms with E-state index in [1.165, 1.54) is 28.5 Å². The lowest BCUT2D eigenvalue weighted by molar-refractivity contribution is -0.142. The highest BCUT2D eigenvalue weighted by Gasteiger charge is 2.30. The second-order valence-corrected chi connectivity index (χ2v) is 8.86. The normalized spacial score (nSPS) is 13.9. The second-order valence-electron chi connectivity index (χ2n) is 7.83. The van der Waals surface area contributed by atoms with Crippen LogP contribution in [0.25, 0.3) is 27.4 Å². The zero-order valence-electron chi connectivity index (χ0n) is 18.0. The average molecular weight is 418 g/mol. The highest BCUT2D eigenvalue weighted by atomic mass is 32.1. The average Bonchev–Trinajstić information content (AvgIpc) is 2.92. The van der Waals surface area contributed by atoms with Crippen LogP contribution in [0.3, 0.4) is 0 Å². The van der Waals surface area contributed by atoms with Gasteiger partial charge in [0.15, 0.2) is 0 Å². The van der Waals surface area contributed by atoms with Gasteiger partial charge in [-0.25, -0.2) is 4.98 Å². The molecular formula is C26H27NO2S. The maximum Gasteiger partial charge on any atom is 0.313 e. The van der Waals surface area contributed by atoms with Crippen LogP contribution in [-0.4, -0.2) is 18.1 Å². The summed E-state index contributed by atoms with van der Waals surface area (Å²) in [6, 6.07) is 8.61. The molecule has 154 valence electrons. The third-order valence-corrected chi connectivity index (χ3v) is 6.86. The van der Waals surface area contributed by atoms with Crippen molar-refractivity contribution in [2.45, 2.75) is 46.0 Å². The molecule has 0 saturated carbocycles. The summed E-state index contributed by atoms with van der Waals surface area (Å²) >= 11 is 1.73. The van der Waals surface area contributed by atoms with Crippen LogP contribution >= 0.6 is 11.3 Å². The van der Waals surface area contributed by atoms with Crippen LogP contribution < -0.4 is 0 Å². The van der Waals surface area contributed by atoms with Gasteiger partial charge in [0.1, 0.15) is 4.83 Å². The molecule has 3 aromatic rings. The molecule has 0 spiro atoms. The van der Waals surface area contributed by atoms with E-state index in [1.54, 1.807) is 11.3 Å². The van der Waals surface area contributed by atoms with E-state index in [9.17, 15) is 4.79 Å². The Hall–Kier alpha value is -2.72. The van der Waals surface area contributed by atoms with Crippen LogP contribution in [0.15, 0.2) is 42.5 Å². The Balaban J connectivity index is 2.11. The van der Waals surface area contributed by atoms with E-state index >= 15 is 0 Å². The van der Waals surface area contributed by atoms with Gasteiger partial charge >= 0.3 is 5.97 Å². The van der Waals surface area contributed by atoms with Crippen LogP contribution in [0.1, 0.15) is 52.9 Å². The predicted molar refractivity (Wildman–Crippen MR) is 126 cm³/mol. The second kappa shape index (κ2) is 8.57. The lowest BCUT2D eigenvalue weighted by Gasteiger charge is -2.22. The minimum absolute atomic E-state index is 0.185. The highest BCUT2D eigenvalue weighted by Crippen LogP contribution is 2.45. The van der Waals surface area contributed by atoms with Gasteiger partial charge in [-0.2, -0.15) is 0 Å². The Morgan fingerprint density at radius 2 is 1.97 bits per heavy atom. The fourth-order valence-corrected chi connectivity index (χ4v) is 5.51. The van der Waals surface area contributed by atoms with E-state index < -0.39 is 0 Å². The van der Waals surface area contributed by atoms with Gasteiger partial charge < -0.3 is 4.74 Å². The van der Waals surface area contributed by atoms with Gasteiger partial charge in [0.25, 0.3) is 0 Å². The maximum atomic E-state index is 12.8. The molecule has 0 radical (unpaired) electrons. The molecule has 0 amide bonds. The minimum atomic E-state index is -0.319. The Labute approximate surface area is 182 Å². The number of rotatable bonds is 5. The molecule has 1 atom stereocenters. The van der Waals surface area contributed by atoms with Crippen molar-refractivity contribution in [3.63, 3.8) is 0 Å². The molecular weight excluding hydrogens is 390 g/mol. The van der Waals surface area contributed by atoms with Crippen molar-refractivity contribution in [2.24, 2.45) is 0 Å². The fourth-order valence-electron chi connectivity index (χ4n) is 4.34. The number of allylic oxidation sites excluding steroid dienone is 3. The number of carbonyl (C=O) groups excluding carboxylic acids is 1. The van der Waals surface area contributed by atoms with Crippen molar-refractivity contribution in [3.05, 3.63) is 69.8 Å². The van der Waals surface area contributed by atoms with Gasteiger partial charge in [0.2, 0.25) is 0 Å². The number of pyridine rings is 1. The molecule has 0 N–H and O–H groups in total. The molecule has 2 heterocycles. The standard InChI is InChI=1S/C26H27NO2S/c1-5-9-20(26(28)29-4)22-17(3)27-25-24(19-10-7-6-8-11-21(19)30-25)23(22)18-14-12-16(2)13-15-18/h6-8,11-15,20H,5,9-10H2,1-4H3. The first kappa shape index (κ1) is 20.5. The van der Waals surface area contributed by atoms with Crippen molar-refractivity contribution in [1.29, 1.82) is 0 Å². The summed E-state index contributed by atoms with van der Waals surface area (Å²) in [7, 11) is 1.48. The third-order valence-electron chi connectivity index (χ3n) is 5.77. The molecule has 0 saturated heterocycles. The minimum Gasteiger partial charge on any atom is -0.469 e. The number of ether oxygens (including phenoxy) is 1. The molecule has 0 fully saturated rings. The van der Waals surface area contributed by atoms with E-state index in [1.807, 2.05) is 6.92 Å². The number of fused-ring (bicyclic) bond motifs is 3. The maximum absolute atomic E-state index is 12.8. The molecule has 2 aromatic heterocycles. The van der Waals surface area contributed by atoms with Gasteiger partial charge in [0, 0.05) is 16.0 Å². The molecule has 4 rings (SSSR count). The monoisotopic (exact) mass is 417 g/mol. The van der Waals surface area contributed by atoms with Gasteiger partial charge in [-0.1, -0.05) is 61.4 Å². The van der Waals surface area contributed by atoms with Crippen LogP contribution in [0.5, 0.6) is 0 Å². The number of aryl methyl sites for hydroxylation is 2. The summed E-state index contributed by atoms with van der Waals surface area (Å²) < 4.78 is 5.22. The van der Waals surface area contributed by atoms with Crippen LogP contribution in [-0.2, 0) is 16.0 Å². The zero-order valence-corrected chi connectivity index (χ0v) is 18.8. The van der Waals surface area contributed by atoms with E-state index in [4.69, 9.17) is 9.72 Å². The number of nitrogens with zero attached hydrogens (tertiary/aromatic N) is 1. The summed E-state index contributed by atoms with van der Waals surface area (Å²) in [5.74, 6) is -0.504. The zero-order chi connectivity index (χ0) is 21.3. The Kier molecular flexibility index (Phi) is 5.87. The van der Waals surface area contributed by atoms with Crippen LogP contribution in [0.2, 0.25) is 0 Å². The first-order valence-corrected chi connectivity index (χ1v) is 11.3. The summed E-state index contributed by atoms with van der Waals surface area (Å²) in [5, 5.41) is 1.18. The van der Waals surface area contributed by atoms with Gasteiger partial charge in [-0.3, -0.25) is 4.79 Å². The Morgan fingerprint density at radius 1 is 1.20 bits per heavy atom. The quantitative estimate of drug-likeness (QED) is 0.430. The molecule has 1 unspecified atom stereocenters. The summed E-state index contributed by atoms with van der Waals surface area (Å²) in [4.78, 5) is 20.1. The van der Waals surface area contributed by atoms with E-state index in [0.29, 0.717) is 0 Å². The Bertz CT molecular complexity index is 1150. The van der Waals surface area contributed by atoms with Crippen LogP contribution in [0.4, 0.5) is 0 Å². The van der Waals surface area contributed by atoms with Crippen molar-refractivity contribution in [2.75, 3.05) is 7.11 Å². The van der Waals surface area contributed by atoms with Crippen molar-refractivity contribution in [3.8, 4) is 11.1 Å². The molecule has 0 aliphatic heterocycles. The van der Waals surface area contributed by atoms with Crippen molar-refractivity contribution >= 4 is 33.6 Å². The molecule has 1 aliphatic rings. The van der Waals surface area contributed by atoms with Crippen molar-refractivity contribution < 1.29 is 9.53 Å². The topological polar surface area (TPSA) is 39.2 Å². The van der Waals surface area contributed by atoms with Gasteiger partial charge in [0.05, 0.1) is 13.0 Å². The molecule has 0 bridgehead atoms. The molecule has 1 aromatic carbocycles. The number of thiophene rings is 1. The Morgan fingerprint density at radius 3 is 2.67 bits per heavy atom. The number of benzene rings is 1. The van der Waals surface area contributed by atoms with E-state index in [0.717, 1.165) is 46.5 Å². The lowest BCUT2D eigenvalue weighted by atomic mass is 9.84. The number of hydrogen-bond donors (Lipinski definition) is 0. The summed E-state index contributed by atoms with van der Waals surface area (Å²) in [5.41, 5.74) is 6.71.